The zero-order chi connectivity index (χ0) is 34.4. The van der Waals surface area contributed by atoms with Crippen LogP contribution < -0.4 is 4.90 Å². The molecule has 0 bridgehead atoms. The van der Waals surface area contributed by atoms with Crippen LogP contribution in [0.5, 0.6) is 0 Å². The van der Waals surface area contributed by atoms with Crippen molar-refractivity contribution in [2.75, 3.05) is 4.90 Å². The third-order valence-corrected chi connectivity index (χ3v) is 9.47. The van der Waals surface area contributed by atoms with E-state index in [0.29, 0.717) is 5.71 Å². The van der Waals surface area contributed by atoms with Gasteiger partial charge in [-0.25, -0.2) is 15.0 Å². The highest BCUT2D eigenvalue weighted by Crippen LogP contribution is 2.39. The Morgan fingerprint density at radius 3 is 1.46 bits per heavy atom. The van der Waals surface area contributed by atoms with Gasteiger partial charge in [0.15, 0.2) is 0 Å². The first kappa shape index (κ1) is 29.6. The van der Waals surface area contributed by atoms with Gasteiger partial charge < -0.3 is 9.32 Å². The third kappa shape index (κ3) is 5.20. The molecule has 6 aromatic heterocycles. The van der Waals surface area contributed by atoms with Gasteiger partial charge >= 0.3 is 0 Å². The summed E-state index contributed by atoms with van der Waals surface area (Å²) in [6.45, 7) is 0. The molecule has 52 heavy (non-hydrogen) atoms. The number of furan rings is 1. The second kappa shape index (κ2) is 12.3. The van der Waals surface area contributed by atoms with Crippen LogP contribution in [0.4, 0.5) is 17.1 Å². The van der Waals surface area contributed by atoms with E-state index in [1.807, 2.05) is 54.6 Å². The molecule has 10 aromatic rings. The Bertz CT molecular complexity index is 2780. The van der Waals surface area contributed by atoms with Gasteiger partial charge in [0.25, 0.3) is 0 Å². The van der Waals surface area contributed by atoms with Crippen LogP contribution in [0.2, 0.25) is 0 Å². The largest absolute Gasteiger partial charge is 0.437 e. The van der Waals surface area contributed by atoms with E-state index in [-0.39, 0.29) is 0 Å². The maximum Gasteiger partial charge on any atom is 0.227 e. The molecule has 10 rings (SSSR count). The molecule has 0 aliphatic heterocycles. The Labute approximate surface area is 298 Å². The summed E-state index contributed by atoms with van der Waals surface area (Å²) in [5.74, 6) is 0. The normalized spacial score (nSPS) is 11.5. The minimum Gasteiger partial charge on any atom is -0.437 e. The van der Waals surface area contributed by atoms with Gasteiger partial charge in [-0.05, 0) is 103 Å². The van der Waals surface area contributed by atoms with Crippen molar-refractivity contribution in [2.24, 2.45) is 0 Å². The molecule has 0 atom stereocenters. The fourth-order valence-electron chi connectivity index (χ4n) is 6.90. The van der Waals surface area contributed by atoms with E-state index in [0.717, 1.165) is 89.1 Å². The molecule has 7 heteroatoms. The number of pyridine rings is 5. The Hall–Kier alpha value is -7.25. The quantitative estimate of drug-likeness (QED) is 0.174. The molecular weight excluding hydrogens is 641 g/mol. The number of hydrogen-bond donors (Lipinski definition) is 0. The lowest BCUT2D eigenvalue weighted by Gasteiger charge is -2.26. The van der Waals surface area contributed by atoms with Crippen molar-refractivity contribution >= 4 is 61.2 Å². The molecule has 0 saturated carbocycles. The molecule has 0 aliphatic carbocycles. The summed E-state index contributed by atoms with van der Waals surface area (Å²) in [5.41, 5.74) is 14.0. The number of fused-ring (bicyclic) bond motifs is 5. The van der Waals surface area contributed by atoms with Crippen molar-refractivity contribution in [1.82, 2.24) is 24.9 Å². The summed E-state index contributed by atoms with van der Waals surface area (Å²) in [7, 11) is 0. The van der Waals surface area contributed by atoms with E-state index in [1.54, 1.807) is 18.6 Å². The van der Waals surface area contributed by atoms with Gasteiger partial charge in [-0.15, -0.1) is 0 Å². The Morgan fingerprint density at radius 1 is 0.385 bits per heavy atom. The van der Waals surface area contributed by atoms with Gasteiger partial charge in [-0.2, -0.15) is 0 Å². The van der Waals surface area contributed by atoms with Crippen LogP contribution in [0.1, 0.15) is 0 Å². The van der Waals surface area contributed by atoms with E-state index in [1.165, 1.54) is 0 Å². The minimum atomic E-state index is 0.644. The van der Waals surface area contributed by atoms with Crippen molar-refractivity contribution in [2.45, 2.75) is 0 Å². The molecule has 0 N–H and O–H groups in total. The number of rotatable bonds is 6. The maximum absolute atomic E-state index is 6.26. The molecule has 0 aliphatic rings. The zero-order valence-electron chi connectivity index (χ0n) is 27.8. The number of hydrogen-bond acceptors (Lipinski definition) is 7. The lowest BCUT2D eigenvalue weighted by Crippen LogP contribution is -2.09. The number of nitrogens with zero attached hydrogens (tertiary/aromatic N) is 6. The summed E-state index contributed by atoms with van der Waals surface area (Å²) in [6, 6.07) is 51.9. The molecule has 0 saturated heterocycles. The van der Waals surface area contributed by atoms with E-state index < -0.39 is 0 Å². The van der Waals surface area contributed by atoms with Crippen molar-refractivity contribution < 1.29 is 4.42 Å². The third-order valence-electron chi connectivity index (χ3n) is 9.47. The number of para-hydroxylation sites is 1. The molecular formula is C45H28N6O. The second-order valence-corrected chi connectivity index (χ2v) is 12.6. The molecule has 7 nitrogen and oxygen atoms in total. The van der Waals surface area contributed by atoms with E-state index in [9.17, 15) is 0 Å². The first-order chi connectivity index (χ1) is 25.7. The topological polar surface area (TPSA) is 80.8 Å². The van der Waals surface area contributed by atoms with Crippen molar-refractivity contribution in [3.8, 4) is 33.6 Å². The lowest BCUT2D eigenvalue weighted by molar-refractivity contribution is 0.655. The van der Waals surface area contributed by atoms with E-state index in [4.69, 9.17) is 14.4 Å². The fourth-order valence-corrected chi connectivity index (χ4v) is 6.90. The first-order valence-electron chi connectivity index (χ1n) is 17.1. The summed E-state index contributed by atoms with van der Waals surface area (Å²) < 4.78 is 6.26. The number of anilines is 3. The first-order valence-corrected chi connectivity index (χ1v) is 17.1. The van der Waals surface area contributed by atoms with Gasteiger partial charge in [0.1, 0.15) is 5.58 Å². The maximum atomic E-state index is 6.26. The Balaban J connectivity index is 1.04. The highest BCUT2D eigenvalue weighted by molar-refractivity contribution is 6.08. The van der Waals surface area contributed by atoms with Crippen LogP contribution >= 0.6 is 0 Å². The lowest BCUT2D eigenvalue weighted by atomic mass is 10.0. The summed E-state index contributed by atoms with van der Waals surface area (Å²) in [5, 5.41) is 2.07. The number of aromatic nitrogens is 5. The van der Waals surface area contributed by atoms with Gasteiger partial charge in [0, 0.05) is 63.1 Å². The highest BCUT2D eigenvalue weighted by Gasteiger charge is 2.16. The van der Waals surface area contributed by atoms with Crippen LogP contribution in [0, 0.1) is 0 Å². The summed E-state index contributed by atoms with van der Waals surface area (Å²) in [4.78, 5) is 25.3. The monoisotopic (exact) mass is 668 g/mol. The molecule has 0 spiro atoms. The van der Waals surface area contributed by atoms with E-state index >= 15 is 0 Å². The molecule has 6 heterocycles. The number of benzene rings is 4. The molecule has 0 radical (unpaired) electrons. The highest BCUT2D eigenvalue weighted by atomic mass is 16.3. The fraction of sp³-hybridized carbons (Fsp3) is 0. The van der Waals surface area contributed by atoms with Crippen LogP contribution in [-0.2, 0) is 0 Å². The van der Waals surface area contributed by atoms with Crippen molar-refractivity contribution in [1.29, 1.82) is 0 Å². The predicted octanol–water partition coefficient (Wildman–Crippen LogP) is 11.3. The Morgan fingerprint density at radius 2 is 0.885 bits per heavy atom. The second-order valence-electron chi connectivity index (χ2n) is 12.6. The van der Waals surface area contributed by atoms with Crippen LogP contribution in [0.25, 0.3) is 77.8 Å². The van der Waals surface area contributed by atoms with Crippen LogP contribution in [-0.4, -0.2) is 24.9 Å². The summed E-state index contributed by atoms with van der Waals surface area (Å²) in [6.07, 6.45) is 5.34. The standard InChI is InChI=1S/C45H28N6O/c1-5-35(44-36(6-1)37-7-2-28-48-45(37)52-44)29-10-16-32(17-11-29)51(33-18-12-30(13-19-33)38-22-24-40-42(49-38)8-3-26-46-40)34-20-14-31(15-21-34)39-23-25-41-43(50-39)9-4-27-47-41/h1-28H. The molecule has 0 unspecified atom stereocenters. The smallest absolute Gasteiger partial charge is 0.227 e. The average Bonchev–Trinajstić information content (AvgIpc) is 3.61. The average molecular weight is 669 g/mol. The van der Waals surface area contributed by atoms with E-state index in [2.05, 4.69) is 117 Å². The van der Waals surface area contributed by atoms with Gasteiger partial charge in [-0.3, -0.25) is 9.97 Å². The molecule has 0 fully saturated rings. The van der Waals surface area contributed by atoms with Crippen LogP contribution in [0.15, 0.2) is 175 Å². The zero-order valence-corrected chi connectivity index (χ0v) is 27.8. The minimum absolute atomic E-state index is 0.644. The van der Waals surface area contributed by atoms with Gasteiger partial charge in [-0.1, -0.05) is 54.6 Å². The Kier molecular flexibility index (Phi) is 6.99. The SMILES string of the molecule is c1cnc2ccc(-c3ccc(N(c4ccc(-c5ccc6ncccc6n5)cc4)c4ccc(-c5cccc6c5oc5ncccc56)cc4)cc3)nc2c1. The molecule has 4 aromatic carbocycles. The molecule has 244 valence electrons. The summed E-state index contributed by atoms with van der Waals surface area (Å²) >= 11 is 0. The predicted molar refractivity (Wildman–Crippen MR) is 209 cm³/mol. The van der Waals surface area contributed by atoms with Crippen molar-refractivity contribution in [3.05, 3.63) is 170 Å². The molecule has 0 amide bonds. The van der Waals surface area contributed by atoms with Crippen molar-refractivity contribution in [3.63, 3.8) is 0 Å². The van der Waals surface area contributed by atoms with Crippen LogP contribution in [0.3, 0.4) is 0 Å². The van der Waals surface area contributed by atoms with Gasteiger partial charge in [0.05, 0.1) is 33.5 Å². The van der Waals surface area contributed by atoms with Gasteiger partial charge in [0.2, 0.25) is 5.71 Å².